The van der Waals surface area contributed by atoms with E-state index in [0.29, 0.717) is 17.0 Å². The highest BCUT2D eigenvalue weighted by Gasteiger charge is 2.21. The number of fused-ring (bicyclic) bond motifs is 1. The minimum absolute atomic E-state index is 0.0905. The van der Waals surface area contributed by atoms with Gasteiger partial charge >= 0.3 is 0 Å². The van der Waals surface area contributed by atoms with Crippen LogP contribution in [-0.2, 0) is 10.8 Å². The first-order valence-electron chi connectivity index (χ1n) is 10.7. The fourth-order valence-electron chi connectivity index (χ4n) is 4.12. The first kappa shape index (κ1) is 22.0. The minimum atomic E-state index is -0.976. The average molecular weight is 459 g/mol. The Morgan fingerprint density at radius 2 is 1.94 bits per heavy atom. The SMILES string of the molecule is Cc1cc(S(=O)C2CCCCC2)ccc1Nc1ncc2cc(Cl)c(=O)n(C(C)C)c2n1. The monoisotopic (exact) mass is 458 g/mol. The van der Waals surface area contributed by atoms with Crippen molar-refractivity contribution < 1.29 is 4.21 Å². The molecule has 1 saturated carbocycles. The molecule has 1 atom stereocenters. The van der Waals surface area contributed by atoms with Crippen LogP contribution in [0.4, 0.5) is 11.6 Å². The lowest BCUT2D eigenvalue weighted by molar-refractivity contribution is 0.504. The van der Waals surface area contributed by atoms with Gasteiger partial charge in [-0.05, 0) is 63.4 Å². The Balaban J connectivity index is 1.63. The lowest BCUT2D eigenvalue weighted by atomic mass is 10.0. The van der Waals surface area contributed by atoms with Crippen LogP contribution < -0.4 is 10.9 Å². The molecule has 1 aliphatic rings. The molecule has 1 unspecified atom stereocenters. The number of halogens is 1. The second-order valence-electron chi connectivity index (χ2n) is 8.39. The van der Waals surface area contributed by atoms with E-state index in [0.717, 1.165) is 29.0 Å². The van der Waals surface area contributed by atoms with E-state index < -0.39 is 10.8 Å². The quantitative estimate of drug-likeness (QED) is 0.544. The summed E-state index contributed by atoms with van der Waals surface area (Å²) in [5, 5.41) is 4.36. The molecule has 0 aliphatic heterocycles. The Bertz CT molecular complexity index is 1200. The van der Waals surface area contributed by atoms with Crippen LogP contribution in [0.15, 0.2) is 40.2 Å². The van der Waals surface area contributed by atoms with E-state index in [2.05, 4.69) is 15.3 Å². The summed E-state index contributed by atoms with van der Waals surface area (Å²) in [6.45, 7) is 5.82. The lowest BCUT2D eigenvalue weighted by Crippen LogP contribution is -2.23. The number of anilines is 2. The van der Waals surface area contributed by atoms with E-state index in [-0.39, 0.29) is 21.9 Å². The van der Waals surface area contributed by atoms with Crippen molar-refractivity contribution in [2.24, 2.45) is 0 Å². The van der Waals surface area contributed by atoms with E-state index in [4.69, 9.17) is 11.6 Å². The molecule has 0 radical (unpaired) electrons. The van der Waals surface area contributed by atoms with Gasteiger partial charge in [-0.25, -0.2) is 4.98 Å². The Morgan fingerprint density at radius 3 is 2.61 bits per heavy atom. The molecular weight excluding hydrogens is 432 g/mol. The first-order chi connectivity index (χ1) is 14.8. The highest BCUT2D eigenvalue weighted by molar-refractivity contribution is 7.85. The summed E-state index contributed by atoms with van der Waals surface area (Å²) < 4.78 is 14.5. The van der Waals surface area contributed by atoms with Crippen LogP contribution in [0.25, 0.3) is 11.0 Å². The van der Waals surface area contributed by atoms with Gasteiger partial charge in [-0.2, -0.15) is 4.98 Å². The van der Waals surface area contributed by atoms with Crippen molar-refractivity contribution in [2.45, 2.75) is 69.1 Å². The molecule has 4 rings (SSSR count). The third-order valence-electron chi connectivity index (χ3n) is 5.78. The highest BCUT2D eigenvalue weighted by atomic mass is 35.5. The molecule has 1 aliphatic carbocycles. The maximum absolute atomic E-state index is 13.0. The molecular formula is C23H27ClN4O2S. The number of nitrogens with zero attached hydrogens (tertiary/aromatic N) is 3. The number of pyridine rings is 1. The zero-order valence-electron chi connectivity index (χ0n) is 18.0. The Morgan fingerprint density at radius 1 is 1.19 bits per heavy atom. The number of benzene rings is 1. The molecule has 2 heterocycles. The summed E-state index contributed by atoms with van der Waals surface area (Å²) in [4.78, 5) is 22.4. The molecule has 1 aromatic carbocycles. The van der Waals surface area contributed by atoms with Gasteiger partial charge in [-0.1, -0.05) is 30.9 Å². The van der Waals surface area contributed by atoms with Crippen molar-refractivity contribution in [3.05, 3.63) is 51.4 Å². The van der Waals surface area contributed by atoms with Crippen LogP contribution in [0.1, 0.15) is 57.6 Å². The van der Waals surface area contributed by atoms with Crippen LogP contribution in [0.5, 0.6) is 0 Å². The van der Waals surface area contributed by atoms with E-state index in [1.807, 2.05) is 39.0 Å². The van der Waals surface area contributed by atoms with Gasteiger partial charge in [-0.15, -0.1) is 0 Å². The number of hydrogen-bond donors (Lipinski definition) is 1. The molecule has 6 nitrogen and oxygen atoms in total. The summed E-state index contributed by atoms with van der Waals surface area (Å²) in [7, 11) is -0.976. The Hall–Kier alpha value is -2.25. The van der Waals surface area contributed by atoms with Crippen LogP contribution in [-0.4, -0.2) is 24.0 Å². The van der Waals surface area contributed by atoms with Crippen molar-refractivity contribution >= 4 is 45.1 Å². The zero-order valence-corrected chi connectivity index (χ0v) is 19.6. The molecule has 164 valence electrons. The lowest BCUT2D eigenvalue weighted by Gasteiger charge is -2.21. The van der Waals surface area contributed by atoms with Gasteiger partial charge in [0.05, 0.1) is 10.8 Å². The van der Waals surface area contributed by atoms with Crippen LogP contribution in [0.3, 0.4) is 0 Å². The summed E-state index contributed by atoms with van der Waals surface area (Å²) in [6, 6.07) is 7.34. The van der Waals surface area contributed by atoms with Gasteiger partial charge in [0.1, 0.15) is 10.7 Å². The third-order valence-corrected chi connectivity index (χ3v) is 7.84. The van der Waals surface area contributed by atoms with Gasteiger partial charge in [-0.3, -0.25) is 13.6 Å². The Labute approximate surface area is 189 Å². The van der Waals surface area contributed by atoms with Crippen LogP contribution >= 0.6 is 11.6 Å². The number of hydrogen-bond acceptors (Lipinski definition) is 5. The van der Waals surface area contributed by atoms with Crippen LogP contribution in [0, 0.1) is 6.92 Å². The van der Waals surface area contributed by atoms with E-state index in [1.54, 1.807) is 16.8 Å². The van der Waals surface area contributed by atoms with Crippen molar-refractivity contribution in [3.63, 3.8) is 0 Å². The molecule has 1 fully saturated rings. The maximum Gasteiger partial charge on any atom is 0.271 e. The summed E-state index contributed by atoms with van der Waals surface area (Å²) in [5.74, 6) is 0.396. The average Bonchev–Trinajstić information content (AvgIpc) is 2.76. The molecule has 2 aromatic heterocycles. The molecule has 3 aromatic rings. The standard InChI is InChI=1S/C23H27ClN4O2S/c1-14(2)28-21-16(12-19(24)22(28)29)13-25-23(27-21)26-20-10-9-18(11-15(20)3)31(30)17-7-5-4-6-8-17/h9-14,17H,4-8H2,1-3H3,(H,25,26,27). The number of aromatic nitrogens is 3. The molecule has 1 N–H and O–H groups in total. The number of aryl methyl sites for hydroxylation is 1. The molecule has 0 amide bonds. The fourth-order valence-corrected chi connectivity index (χ4v) is 5.97. The number of rotatable bonds is 5. The van der Waals surface area contributed by atoms with Gasteiger partial charge in [0, 0.05) is 33.5 Å². The molecule has 0 bridgehead atoms. The number of nitrogens with one attached hydrogen (secondary N) is 1. The van der Waals surface area contributed by atoms with E-state index >= 15 is 0 Å². The van der Waals surface area contributed by atoms with E-state index in [1.165, 1.54) is 19.3 Å². The van der Waals surface area contributed by atoms with Crippen molar-refractivity contribution in [3.8, 4) is 0 Å². The molecule has 8 heteroatoms. The van der Waals surface area contributed by atoms with Crippen molar-refractivity contribution in [1.82, 2.24) is 14.5 Å². The second kappa shape index (κ2) is 9.09. The van der Waals surface area contributed by atoms with Crippen molar-refractivity contribution in [2.75, 3.05) is 5.32 Å². The molecule has 0 spiro atoms. The first-order valence-corrected chi connectivity index (χ1v) is 12.3. The van der Waals surface area contributed by atoms with Gasteiger partial charge in [0.25, 0.3) is 5.56 Å². The predicted molar refractivity (Wildman–Crippen MR) is 127 cm³/mol. The minimum Gasteiger partial charge on any atom is -0.324 e. The fraction of sp³-hybridized carbons (Fsp3) is 0.435. The van der Waals surface area contributed by atoms with Gasteiger partial charge in [0.2, 0.25) is 5.95 Å². The molecule has 31 heavy (non-hydrogen) atoms. The summed E-state index contributed by atoms with van der Waals surface area (Å²) in [6.07, 6.45) is 7.33. The van der Waals surface area contributed by atoms with Crippen LogP contribution in [0.2, 0.25) is 5.02 Å². The topological polar surface area (TPSA) is 76.9 Å². The normalized spacial score (nSPS) is 16.0. The third kappa shape index (κ3) is 4.53. The maximum atomic E-state index is 13.0. The van der Waals surface area contributed by atoms with Crippen molar-refractivity contribution in [1.29, 1.82) is 0 Å². The van der Waals surface area contributed by atoms with E-state index in [9.17, 15) is 9.00 Å². The second-order valence-corrected chi connectivity index (χ2v) is 10.5. The smallest absolute Gasteiger partial charge is 0.271 e. The molecule has 0 saturated heterocycles. The zero-order chi connectivity index (χ0) is 22.1. The highest BCUT2D eigenvalue weighted by Crippen LogP contribution is 2.28. The largest absolute Gasteiger partial charge is 0.324 e. The summed E-state index contributed by atoms with van der Waals surface area (Å²) >= 11 is 6.09. The summed E-state index contributed by atoms with van der Waals surface area (Å²) in [5.41, 5.74) is 2.09. The van der Waals surface area contributed by atoms with Gasteiger partial charge < -0.3 is 5.32 Å². The predicted octanol–water partition coefficient (Wildman–Crippen LogP) is 5.52. The van der Waals surface area contributed by atoms with Gasteiger partial charge in [0.15, 0.2) is 0 Å². The Kier molecular flexibility index (Phi) is 6.44.